The molecule has 1 atom stereocenters. The summed E-state index contributed by atoms with van der Waals surface area (Å²) in [7, 11) is -1.01. The number of likely N-dealkylation sites (tertiary alicyclic amines) is 1. The first-order chi connectivity index (χ1) is 8.05. The minimum absolute atomic E-state index is 0.144. The van der Waals surface area contributed by atoms with Crippen LogP contribution in [-0.2, 0) is 10.0 Å². The first-order valence-electron chi connectivity index (χ1n) is 6.44. The van der Waals surface area contributed by atoms with E-state index in [1.165, 1.54) is 0 Å². The molecule has 0 amide bonds. The molecule has 0 aromatic rings. The van der Waals surface area contributed by atoms with Gasteiger partial charge < -0.3 is 10.2 Å². The lowest BCUT2D eigenvalue weighted by atomic mass is 10.1. The summed E-state index contributed by atoms with van der Waals surface area (Å²) < 4.78 is 26.8. The summed E-state index contributed by atoms with van der Waals surface area (Å²) in [4.78, 5) is 2.24. The summed E-state index contributed by atoms with van der Waals surface area (Å²) in [6.07, 6.45) is 2.84. The van der Waals surface area contributed by atoms with Crippen molar-refractivity contribution in [3.05, 3.63) is 0 Å². The monoisotopic (exact) mass is 261 g/mol. The van der Waals surface area contributed by atoms with Gasteiger partial charge in [0.2, 0.25) is 10.0 Å². The Labute approximate surface area is 104 Å². The summed E-state index contributed by atoms with van der Waals surface area (Å²) in [6, 6.07) is 0.144. The molecule has 0 bridgehead atoms. The van der Waals surface area contributed by atoms with E-state index in [-0.39, 0.29) is 11.8 Å². The van der Waals surface area contributed by atoms with E-state index in [9.17, 15) is 8.42 Å². The Balaban J connectivity index is 1.80. The molecular weight excluding hydrogens is 238 g/mol. The first kappa shape index (κ1) is 13.3. The average Bonchev–Trinajstić information content (AvgIpc) is 2.73. The lowest BCUT2D eigenvalue weighted by Crippen LogP contribution is -2.44. The molecule has 100 valence electrons. The van der Waals surface area contributed by atoms with E-state index in [2.05, 4.69) is 22.0 Å². The quantitative estimate of drug-likeness (QED) is 0.723. The second kappa shape index (κ2) is 5.65. The minimum Gasteiger partial charge on any atom is -0.316 e. The standard InChI is InChI=1S/C11H23N3O2S/c1-14-6-3-11(4-7-14)13-17(15,16)9-10-2-5-12-8-10/h10-13H,2-9H2,1H3. The van der Waals surface area contributed by atoms with Crippen LogP contribution in [0.25, 0.3) is 0 Å². The molecule has 1 unspecified atom stereocenters. The number of nitrogens with zero attached hydrogens (tertiary/aromatic N) is 1. The molecule has 2 saturated heterocycles. The summed E-state index contributed by atoms with van der Waals surface area (Å²) in [5.74, 6) is 0.575. The second-order valence-electron chi connectivity index (χ2n) is 5.34. The SMILES string of the molecule is CN1CCC(NS(=O)(=O)CC2CCNC2)CC1. The highest BCUT2D eigenvalue weighted by Gasteiger charge is 2.26. The molecule has 2 aliphatic heterocycles. The van der Waals surface area contributed by atoms with Gasteiger partial charge in [-0.1, -0.05) is 0 Å². The number of sulfonamides is 1. The van der Waals surface area contributed by atoms with Crippen LogP contribution in [0.3, 0.4) is 0 Å². The highest BCUT2D eigenvalue weighted by molar-refractivity contribution is 7.89. The van der Waals surface area contributed by atoms with E-state index >= 15 is 0 Å². The Bertz CT molecular complexity index is 331. The molecule has 2 heterocycles. The van der Waals surface area contributed by atoms with Crippen molar-refractivity contribution in [2.24, 2.45) is 5.92 Å². The van der Waals surface area contributed by atoms with Gasteiger partial charge in [0.05, 0.1) is 5.75 Å². The molecule has 2 rings (SSSR count). The normalized spacial score (nSPS) is 28.6. The highest BCUT2D eigenvalue weighted by atomic mass is 32.2. The number of rotatable bonds is 4. The number of hydrogen-bond donors (Lipinski definition) is 2. The van der Waals surface area contributed by atoms with Crippen molar-refractivity contribution >= 4 is 10.0 Å². The van der Waals surface area contributed by atoms with E-state index in [0.717, 1.165) is 45.4 Å². The molecule has 2 N–H and O–H groups in total. The van der Waals surface area contributed by atoms with Crippen molar-refractivity contribution in [1.29, 1.82) is 0 Å². The van der Waals surface area contributed by atoms with Gasteiger partial charge in [0.15, 0.2) is 0 Å². The summed E-state index contributed by atoms with van der Waals surface area (Å²) in [5, 5.41) is 3.21. The Morgan fingerprint density at radius 2 is 2.00 bits per heavy atom. The molecule has 5 nitrogen and oxygen atoms in total. The van der Waals surface area contributed by atoms with Gasteiger partial charge >= 0.3 is 0 Å². The first-order valence-corrected chi connectivity index (χ1v) is 8.10. The fraction of sp³-hybridized carbons (Fsp3) is 1.00. The van der Waals surface area contributed by atoms with Gasteiger partial charge in [-0.05, 0) is 58.4 Å². The van der Waals surface area contributed by atoms with Crippen LogP contribution in [0, 0.1) is 5.92 Å². The Morgan fingerprint density at radius 3 is 2.59 bits per heavy atom. The van der Waals surface area contributed by atoms with Crippen LogP contribution in [-0.4, -0.2) is 58.3 Å². The van der Waals surface area contributed by atoms with Gasteiger partial charge in [-0.3, -0.25) is 0 Å². The van der Waals surface area contributed by atoms with E-state index in [4.69, 9.17) is 0 Å². The van der Waals surface area contributed by atoms with Crippen LogP contribution >= 0.6 is 0 Å². The minimum atomic E-state index is -3.09. The molecule has 0 radical (unpaired) electrons. The molecule has 0 aromatic heterocycles. The zero-order chi connectivity index (χ0) is 12.3. The topological polar surface area (TPSA) is 61.4 Å². The Hall–Kier alpha value is -0.170. The third-order valence-corrected chi connectivity index (χ3v) is 5.28. The van der Waals surface area contributed by atoms with Crippen molar-refractivity contribution in [1.82, 2.24) is 14.9 Å². The lowest BCUT2D eigenvalue weighted by Gasteiger charge is -2.29. The van der Waals surface area contributed by atoms with Crippen LogP contribution < -0.4 is 10.0 Å². The second-order valence-corrected chi connectivity index (χ2v) is 7.13. The zero-order valence-electron chi connectivity index (χ0n) is 10.5. The van der Waals surface area contributed by atoms with Crippen molar-refractivity contribution in [3.8, 4) is 0 Å². The molecular formula is C11H23N3O2S. The maximum absolute atomic E-state index is 12.0. The molecule has 0 saturated carbocycles. The largest absolute Gasteiger partial charge is 0.316 e. The van der Waals surface area contributed by atoms with Gasteiger partial charge in [0, 0.05) is 6.04 Å². The number of hydrogen-bond acceptors (Lipinski definition) is 4. The third-order valence-electron chi connectivity index (χ3n) is 3.68. The van der Waals surface area contributed by atoms with Gasteiger partial charge in [-0.2, -0.15) is 0 Å². The Kier molecular flexibility index (Phi) is 4.41. The van der Waals surface area contributed by atoms with E-state index in [1.54, 1.807) is 0 Å². The van der Waals surface area contributed by atoms with E-state index in [0.29, 0.717) is 5.92 Å². The molecule has 0 spiro atoms. The van der Waals surface area contributed by atoms with Gasteiger partial charge in [0.25, 0.3) is 0 Å². The maximum Gasteiger partial charge on any atom is 0.212 e. The average molecular weight is 261 g/mol. The van der Waals surface area contributed by atoms with E-state index in [1.807, 2.05) is 0 Å². The molecule has 0 aromatic carbocycles. The molecule has 6 heteroatoms. The maximum atomic E-state index is 12.0. The van der Waals surface area contributed by atoms with E-state index < -0.39 is 10.0 Å². The van der Waals surface area contributed by atoms with Crippen molar-refractivity contribution in [2.45, 2.75) is 25.3 Å². The fourth-order valence-corrected chi connectivity index (χ4v) is 4.34. The summed E-state index contributed by atoms with van der Waals surface area (Å²) in [5.41, 5.74) is 0. The van der Waals surface area contributed by atoms with Crippen LogP contribution in [0.4, 0.5) is 0 Å². The predicted molar refractivity (Wildman–Crippen MR) is 68.4 cm³/mol. The van der Waals surface area contributed by atoms with Crippen molar-refractivity contribution in [3.63, 3.8) is 0 Å². The van der Waals surface area contributed by atoms with Gasteiger partial charge in [-0.25, -0.2) is 13.1 Å². The van der Waals surface area contributed by atoms with Crippen molar-refractivity contribution < 1.29 is 8.42 Å². The third kappa shape index (κ3) is 4.21. The summed E-state index contributed by atoms with van der Waals surface area (Å²) >= 11 is 0. The molecule has 0 aliphatic carbocycles. The zero-order valence-corrected chi connectivity index (χ0v) is 11.3. The van der Waals surface area contributed by atoms with Gasteiger partial charge in [-0.15, -0.1) is 0 Å². The fourth-order valence-electron chi connectivity index (χ4n) is 2.60. The molecule has 17 heavy (non-hydrogen) atoms. The lowest BCUT2D eigenvalue weighted by molar-refractivity contribution is 0.248. The van der Waals surface area contributed by atoms with Gasteiger partial charge in [0.1, 0.15) is 0 Å². The molecule has 2 aliphatic rings. The van der Waals surface area contributed by atoms with Crippen LogP contribution in [0.1, 0.15) is 19.3 Å². The van der Waals surface area contributed by atoms with Crippen molar-refractivity contribution in [2.75, 3.05) is 39.0 Å². The number of piperidine rings is 1. The van der Waals surface area contributed by atoms with Crippen LogP contribution in [0.5, 0.6) is 0 Å². The predicted octanol–water partition coefficient (Wildman–Crippen LogP) is -0.390. The van der Waals surface area contributed by atoms with Crippen LogP contribution in [0.15, 0.2) is 0 Å². The smallest absolute Gasteiger partial charge is 0.212 e. The number of nitrogens with one attached hydrogen (secondary N) is 2. The highest BCUT2D eigenvalue weighted by Crippen LogP contribution is 2.13. The Morgan fingerprint density at radius 1 is 1.29 bits per heavy atom. The van der Waals surface area contributed by atoms with Crippen LogP contribution in [0.2, 0.25) is 0 Å². The molecule has 2 fully saturated rings. The summed E-state index contributed by atoms with van der Waals surface area (Å²) in [6.45, 7) is 3.76.